The number of halogens is 1. The van der Waals surface area contributed by atoms with Crippen LogP contribution in [-0.4, -0.2) is 25.2 Å². The van der Waals surface area contributed by atoms with E-state index in [1.165, 1.54) is 12.1 Å². The van der Waals surface area contributed by atoms with E-state index >= 15 is 0 Å². The Bertz CT molecular complexity index is 667. The average molecular weight is 319 g/mol. The first kappa shape index (κ1) is 12.1. The molecule has 2 aromatic carbocycles. The molecular weight excluding hydrogens is 310 g/mol. The fourth-order valence-electron chi connectivity index (χ4n) is 1.55. The molecule has 0 amide bonds. The molecule has 3 aromatic rings. The Morgan fingerprint density at radius 3 is 2.37 bits per heavy atom. The van der Waals surface area contributed by atoms with Crippen LogP contribution < -0.4 is 9.25 Å². The van der Waals surface area contributed by atoms with Gasteiger partial charge in [-0.1, -0.05) is 0 Å². The first-order chi connectivity index (χ1) is 9.31. The Morgan fingerprint density at radius 2 is 1.63 bits per heavy atom. The van der Waals surface area contributed by atoms with E-state index in [9.17, 15) is 4.39 Å². The molecule has 0 fully saturated rings. The summed E-state index contributed by atoms with van der Waals surface area (Å²) in [5.74, 6) is 0.273. The summed E-state index contributed by atoms with van der Waals surface area (Å²) < 4.78 is 19.4. The third-order valence-corrected chi connectivity index (χ3v) is 4.22. The Kier molecular flexibility index (Phi) is 3.40. The van der Waals surface area contributed by atoms with E-state index in [4.69, 9.17) is 4.42 Å². The van der Waals surface area contributed by atoms with Crippen LogP contribution in [0, 0.1) is 5.82 Å². The Morgan fingerprint density at radius 1 is 0.895 bits per heavy atom. The second kappa shape index (κ2) is 5.34. The topological polar surface area (TPSA) is 38.9 Å². The Balaban J connectivity index is 1.80. The van der Waals surface area contributed by atoms with Crippen molar-refractivity contribution in [2.45, 2.75) is 0 Å². The molecule has 1 heterocycles. The van der Waals surface area contributed by atoms with Crippen molar-refractivity contribution in [2.24, 2.45) is 0 Å². The molecule has 0 aliphatic carbocycles. The van der Waals surface area contributed by atoms with Crippen LogP contribution >= 0.6 is 0 Å². The molecule has 5 heteroatoms. The first-order valence-electron chi connectivity index (χ1n) is 5.63. The maximum atomic E-state index is 12.8. The maximum absolute atomic E-state index is 12.8. The van der Waals surface area contributed by atoms with Gasteiger partial charge in [0.2, 0.25) is 0 Å². The fraction of sp³-hybridized carbons (Fsp3) is 0. The summed E-state index contributed by atoms with van der Waals surface area (Å²) in [6.45, 7) is 0. The van der Waals surface area contributed by atoms with Gasteiger partial charge in [0, 0.05) is 0 Å². The summed E-state index contributed by atoms with van der Waals surface area (Å²) in [6, 6.07) is 16.0. The predicted octanol–water partition coefficient (Wildman–Crippen LogP) is 1.53. The SMILES string of the molecule is Fc1ccc([Se]c2nnc(-c3ccccc3)o2)cc1. The number of hydrogen-bond acceptors (Lipinski definition) is 3. The fourth-order valence-corrected chi connectivity index (χ4v) is 2.97. The minimum atomic E-state index is -0.241. The molecule has 0 saturated heterocycles. The third kappa shape index (κ3) is 2.89. The van der Waals surface area contributed by atoms with Crippen molar-refractivity contribution >= 4 is 24.2 Å². The molecule has 94 valence electrons. The van der Waals surface area contributed by atoms with Crippen LogP contribution in [0.15, 0.2) is 59.0 Å². The van der Waals surface area contributed by atoms with E-state index in [-0.39, 0.29) is 20.8 Å². The van der Waals surface area contributed by atoms with Crippen LogP contribution in [0.4, 0.5) is 4.39 Å². The molecule has 0 aliphatic rings. The number of nitrogens with zero attached hydrogens (tertiary/aromatic N) is 2. The molecule has 3 nitrogen and oxygen atoms in total. The van der Waals surface area contributed by atoms with Crippen molar-refractivity contribution in [2.75, 3.05) is 0 Å². The van der Waals surface area contributed by atoms with E-state index in [0.29, 0.717) is 10.7 Å². The van der Waals surface area contributed by atoms with Gasteiger partial charge in [0.15, 0.2) is 0 Å². The second-order valence-electron chi connectivity index (χ2n) is 3.80. The normalized spacial score (nSPS) is 10.6. The molecule has 0 spiro atoms. The van der Waals surface area contributed by atoms with Gasteiger partial charge in [-0.3, -0.25) is 0 Å². The zero-order valence-electron chi connectivity index (χ0n) is 9.79. The van der Waals surface area contributed by atoms with Crippen molar-refractivity contribution < 1.29 is 8.81 Å². The molecule has 1 aromatic heterocycles. The van der Waals surface area contributed by atoms with Crippen LogP contribution in [0.1, 0.15) is 0 Å². The van der Waals surface area contributed by atoms with E-state index in [1.54, 1.807) is 12.1 Å². The standard InChI is InChI=1S/C14H9FN2OSe/c15-11-6-8-12(9-7-11)19-14-17-16-13(18-14)10-4-2-1-3-5-10/h1-9H. The number of aromatic nitrogens is 2. The summed E-state index contributed by atoms with van der Waals surface area (Å²) in [5.41, 5.74) is 0.899. The molecule has 0 saturated carbocycles. The second-order valence-corrected chi connectivity index (χ2v) is 5.95. The predicted molar refractivity (Wildman–Crippen MR) is 71.2 cm³/mol. The molecule has 19 heavy (non-hydrogen) atoms. The van der Waals surface area contributed by atoms with Crippen molar-refractivity contribution in [1.29, 1.82) is 0 Å². The summed E-state index contributed by atoms with van der Waals surface area (Å²) in [7, 11) is 0. The van der Waals surface area contributed by atoms with Crippen LogP contribution in [0.5, 0.6) is 0 Å². The van der Waals surface area contributed by atoms with E-state index in [0.717, 1.165) is 10.0 Å². The molecule has 0 N–H and O–H groups in total. The Labute approximate surface area is 115 Å². The van der Waals surface area contributed by atoms with E-state index in [1.807, 2.05) is 30.3 Å². The molecular formula is C14H9FN2OSe. The van der Waals surface area contributed by atoms with Crippen LogP contribution in [0.2, 0.25) is 0 Å². The van der Waals surface area contributed by atoms with Gasteiger partial charge in [0.05, 0.1) is 0 Å². The Hall–Kier alpha value is -1.97. The summed E-state index contributed by atoms with van der Waals surface area (Å²) >= 11 is -0.103. The number of benzene rings is 2. The minimum absolute atomic E-state index is 0.103. The van der Waals surface area contributed by atoms with Crippen molar-refractivity contribution in [1.82, 2.24) is 10.2 Å². The van der Waals surface area contributed by atoms with Gasteiger partial charge < -0.3 is 0 Å². The van der Waals surface area contributed by atoms with Crippen LogP contribution in [0.25, 0.3) is 11.5 Å². The summed E-state index contributed by atoms with van der Waals surface area (Å²) in [5, 5.41) is 8.05. The van der Waals surface area contributed by atoms with Gasteiger partial charge in [-0.2, -0.15) is 0 Å². The van der Waals surface area contributed by atoms with Crippen molar-refractivity contribution in [3.8, 4) is 11.5 Å². The zero-order chi connectivity index (χ0) is 13.1. The monoisotopic (exact) mass is 320 g/mol. The van der Waals surface area contributed by atoms with Crippen LogP contribution in [0.3, 0.4) is 0 Å². The summed E-state index contributed by atoms with van der Waals surface area (Å²) in [6.07, 6.45) is 0. The van der Waals surface area contributed by atoms with Crippen LogP contribution in [-0.2, 0) is 0 Å². The number of rotatable bonds is 3. The van der Waals surface area contributed by atoms with E-state index in [2.05, 4.69) is 10.2 Å². The molecule has 0 radical (unpaired) electrons. The van der Waals surface area contributed by atoms with Gasteiger partial charge in [0.1, 0.15) is 0 Å². The molecule has 0 unspecified atom stereocenters. The summed E-state index contributed by atoms with van der Waals surface area (Å²) in [4.78, 5) is 0.581. The van der Waals surface area contributed by atoms with Gasteiger partial charge in [-0.15, -0.1) is 0 Å². The van der Waals surface area contributed by atoms with Gasteiger partial charge >= 0.3 is 115 Å². The quantitative estimate of drug-likeness (QED) is 0.687. The van der Waals surface area contributed by atoms with Gasteiger partial charge in [-0.05, 0) is 0 Å². The number of hydrogen-bond donors (Lipinski definition) is 0. The molecule has 0 bridgehead atoms. The van der Waals surface area contributed by atoms with Gasteiger partial charge in [0.25, 0.3) is 0 Å². The molecule has 3 rings (SSSR count). The molecule has 0 aliphatic heterocycles. The zero-order valence-corrected chi connectivity index (χ0v) is 11.5. The average Bonchev–Trinajstić information content (AvgIpc) is 2.91. The third-order valence-electron chi connectivity index (χ3n) is 2.45. The first-order valence-corrected chi connectivity index (χ1v) is 7.35. The van der Waals surface area contributed by atoms with Gasteiger partial charge in [-0.25, -0.2) is 0 Å². The van der Waals surface area contributed by atoms with E-state index < -0.39 is 0 Å². The van der Waals surface area contributed by atoms with Crippen molar-refractivity contribution in [3.63, 3.8) is 0 Å². The van der Waals surface area contributed by atoms with Crippen molar-refractivity contribution in [3.05, 3.63) is 60.4 Å². The molecule has 0 atom stereocenters.